The van der Waals surface area contributed by atoms with E-state index in [1.807, 2.05) is 6.92 Å². The fourth-order valence-electron chi connectivity index (χ4n) is 2.53. The van der Waals surface area contributed by atoms with Crippen LogP contribution in [-0.2, 0) is 10.0 Å². The van der Waals surface area contributed by atoms with Gasteiger partial charge in [-0.05, 0) is 37.3 Å². The molecule has 1 aromatic heterocycles. The number of hydrogen-bond acceptors (Lipinski definition) is 7. The zero-order valence-electron chi connectivity index (χ0n) is 17.0. The lowest BCUT2D eigenvalue weighted by atomic mass is 10.2. The number of hydrogen-bond donors (Lipinski definition) is 1. The van der Waals surface area contributed by atoms with Crippen molar-refractivity contribution in [2.24, 2.45) is 0 Å². The Kier molecular flexibility index (Phi) is 6.79. The van der Waals surface area contributed by atoms with Gasteiger partial charge in [-0.25, -0.2) is 8.42 Å². The molecule has 0 spiro atoms. The molecule has 1 heterocycles. The maximum absolute atomic E-state index is 12.9. The zero-order chi connectivity index (χ0) is 21.9. The van der Waals surface area contributed by atoms with Crippen molar-refractivity contribution >= 4 is 49.8 Å². The number of rotatable bonds is 7. The number of aryl methyl sites for hydroxylation is 1. The Balaban J connectivity index is 1.78. The second-order valence-corrected chi connectivity index (χ2v) is 11.6. The molecule has 0 bridgehead atoms. The maximum atomic E-state index is 12.9. The number of sulfonamides is 1. The van der Waals surface area contributed by atoms with Crippen LogP contribution in [0.1, 0.15) is 29.8 Å². The summed E-state index contributed by atoms with van der Waals surface area (Å²) in [7, 11) is -2.28. The van der Waals surface area contributed by atoms with E-state index < -0.39 is 10.0 Å². The monoisotopic (exact) mass is 462 g/mol. The van der Waals surface area contributed by atoms with Gasteiger partial charge in [-0.15, -0.1) is 10.2 Å². The molecule has 0 atom stereocenters. The summed E-state index contributed by atoms with van der Waals surface area (Å²) in [6, 6.07) is 13.1. The van der Waals surface area contributed by atoms with Crippen LogP contribution in [-0.4, -0.2) is 36.8 Å². The molecular weight excluding hydrogens is 440 g/mol. The second-order valence-electron chi connectivity index (χ2n) is 6.83. The van der Waals surface area contributed by atoms with E-state index in [9.17, 15) is 13.2 Å². The molecule has 1 amide bonds. The minimum atomic E-state index is -3.74. The zero-order valence-corrected chi connectivity index (χ0v) is 19.4. The number of nitrogens with zero attached hydrogens (tertiary/aromatic N) is 3. The topological polar surface area (TPSA) is 92.3 Å². The van der Waals surface area contributed by atoms with Gasteiger partial charge in [-0.1, -0.05) is 60.7 Å². The first-order chi connectivity index (χ1) is 14.2. The lowest BCUT2D eigenvalue weighted by Crippen LogP contribution is -2.26. The SMILES string of the molecule is Cc1ccc(S(=O)(=O)N(C)c2cccc(C(=O)Nc3nnc(SC(C)C)s3)c2)cc1. The Morgan fingerprint density at radius 2 is 1.83 bits per heavy atom. The smallest absolute Gasteiger partial charge is 0.264 e. The molecule has 0 unspecified atom stereocenters. The minimum Gasteiger partial charge on any atom is -0.296 e. The number of aromatic nitrogens is 2. The normalized spacial score (nSPS) is 11.5. The number of anilines is 2. The first kappa shape index (κ1) is 22.3. The van der Waals surface area contributed by atoms with E-state index in [0.717, 1.165) is 14.2 Å². The standard InChI is InChI=1S/C20H22N4O3S3/c1-13(2)28-20-23-22-19(29-20)21-18(25)15-6-5-7-16(12-15)24(4)30(26,27)17-10-8-14(3)9-11-17/h5-13H,1-4H3,(H,21,22,25). The Morgan fingerprint density at radius 1 is 1.13 bits per heavy atom. The number of carbonyl (C=O) groups excluding carboxylic acids is 1. The highest BCUT2D eigenvalue weighted by molar-refractivity contribution is 8.01. The van der Waals surface area contributed by atoms with E-state index in [1.54, 1.807) is 54.2 Å². The molecule has 158 valence electrons. The number of thioether (sulfide) groups is 1. The average molecular weight is 463 g/mol. The molecule has 0 aliphatic heterocycles. The van der Waals surface area contributed by atoms with Crippen LogP contribution in [0.2, 0.25) is 0 Å². The lowest BCUT2D eigenvalue weighted by Gasteiger charge is -2.20. The minimum absolute atomic E-state index is 0.189. The van der Waals surface area contributed by atoms with Crippen LogP contribution in [0.5, 0.6) is 0 Å². The largest absolute Gasteiger partial charge is 0.296 e. The fourth-order valence-corrected chi connectivity index (χ4v) is 5.69. The van der Waals surface area contributed by atoms with Crippen LogP contribution < -0.4 is 9.62 Å². The molecule has 0 aliphatic carbocycles. The van der Waals surface area contributed by atoms with Gasteiger partial charge in [-0.2, -0.15) is 0 Å². The van der Waals surface area contributed by atoms with E-state index >= 15 is 0 Å². The van der Waals surface area contributed by atoms with Gasteiger partial charge in [0.05, 0.1) is 10.6 Å². The van der Waals surface area contributed by atoms with E-state index in [2.05, 4.69) is 29.4 Å². The number of amides is 1. The average Bonchev–Trinajstić information content (AvgIpc) is 3.13. The molecular formula is C20H22N4O3S3. The van der Waals surface area contributed by atoms with Crippen molar-refractivity contribution in [3.63, 3.8) is 0 Å². The van der Waals surface area contributed by atoms with Crippen LogP contribution in [0.4, 0.5) is 10.8 Å². The molecule has 10 heteroatoms. The summed E-state index contributed by atoms with van der Waals surface area (Å²) in [6.07, 6.45) is 0. The van der Waals surface area contributed by atoms with Gasteiger partial charge in [0.2, 0.25) is 5.13 Å². The maximum Gasteiger partial charge on any atom is 0.264 e. The van der Waals surface area contributed by atoms with Gasteiger partial charge in [0.25, 0.3) is 15.9 Å². The van der Waals surface area contributed by atoms with E-state index in [-0.39, 0.29) is 10.8 Å². The fraction of sp³-hybridized carbons (Fsp3) is 0.250. The third kappa shape index (κ3) is 5.18. The lowest BCUT2D eigenvalue weighted by molar-refractivity contribution is 0.102. The van der Waals surface area contributed by atoms with Crippen molar-refractivity contribution in [2.75, 3.05) is 16.7 Å². The van der Waals surface area contributed by atoms with Crippen molar-refractivity contribution in [1.82, 2.24) is 10.2 Å². The van der Waals surface area contributed by atoms with Gasteiger partial charge >= 0.3 is 0 Å². The molecule has 30 heavy (non-hydrogen) atoms. The van der Waals surface area contributed by atoms with Crippen molar-refractivity contribution in [3.05, 3.63) is 59.7 Å². The summed E-state index contributed by atoms with van der Waals surface area (Å²) >= 11 is 2.87. The summed E-state index contributed by atoms with van der Waals surface area (Å²) < 4.78 is 27.8. The Labute approximate surface area is 184 Å². The van der Waals surface area contributed by atoms with Crippen molar-refractivity contribution in [1.29, 1.82) is 0 Å². The van der Waals surface area contributed by atoms with Crippen molar-refractivity contribution in [2.45, 2.75) is 35.3 Å². The molecule has 0 aliphatic rings. The quantitative estimate of drug-likeness (QED) is 0.413. The van der Waals surface area contributed by atoms with Crippen LogP contribution >= 0.6 is 23.1 Å². The number of carbonyl (C=O) groups is 1. The predicted octanol–water partition coefficient (Wildman–Crippen LogP) is 4.42. The van der Waals surface area contributed by atoms with Crippen LogP contribution in [0.15, 0.2) is 57.8 Å². The van der Waals surface area contributed by atoms with E-state index in [4.69, 9.17) is 0 Å². The molecule has 3 aromatic rings. The van der Waals surface area contributed by atoms with Crippen molar-refractivity contribution in [3.8, 4) is 0 Å². The second kappa shape index (κ2) is 9.15. The highest BCUT2D eigenvalue weighted by Gasteiger charge is 2.22. The highest BCUT2D eigenvalue weighted by Crippen LogP contribution is 2.29. The Bertz CT molecular complexity index is 1140. The van der Waals surface area contributed by atoms with E-state index in [0.29, 0.717) is 21.6 Å². The van der Waals surface area contributed by atoms with Gasteiger partial charge in [0.15, 0.2) is 4.34 Å². The van der Waals surface area contributed by atoms with Gasteiger partial charge in [0, 0.05) is 17.9 Å². The van der Waals surface area contributed by atoms with Gasteiger partial charge in [-0.3, -0.25) is 14.4 Å². The summed E-state index contributed by atoms with van der Waals surface area (Å²) in [5.41, 5.74) is 1.69. The first-order valence-electron chi connectivity index (χ1n) is 9.14. The molecule has 2 aromatic carbocycles. The highest BCUT2D eigenvalue weighted by atomic mass is 32.2. The van der Waals surface area contributed by atoms with E-state index in [1.165, 1.54) is 24.5 Å². The molecule has 7 nitrogen and oxygen atoms in total. The summed E-state index contributed by atoms with van der Waals surface area (Å²) in [5, 5.41) is 11.5. The van der Waals surface area contributed by atoms with Crippen molar-refractivity contribution < 1.29 is 13.2 Å². The molecule has 0 saturated carbocycles. The third-order valence-electron chi connectivity index (χ3n) is 4.11. The molecule has 0 radical (unpaired) electrons. The molecule has 3 rings (SSSR count). The molecule has 1 N–H and O–H groups in total. The first-order valence-corrected chi connectivity index (χ1v) is 12.3. The summed E-state index contributed by atoms with van der Waals surface area (Å²) in [6.45, 7) is 6.00. The Morgan fingerprint density at radius 3 is 2.50 bits per heavy atom. The van der Waals surface area contributed by atoms with Crippen LogP contribution in [0.25, 0.3) is 0 Å². The summed E-state index contributed by atoms with van der Waals surface area (Å²) in [5.74, 6) is -0.379. The Hall–Kier alpha value is -2.43. The van der Waals surface area contributed by atoms with Crippen LogP contribution in [0, 0.1) is 6.92 Å². The van der Waals surface area contributed by atoms with Gasteiger partial charge < -0.3 is 0 Å². The predicted molar refractivity (Wildman–Crippen MR) is 122 cm³/mol. The van der Waals surface area contributed by atoms with Crippen LogP contribution in [0.3, 0.4) is 0 Å². The third-order valence-corrected chi connectivity index (χ3v) is 7.84. The van der Waals surface area contributed by atoms with Gasteiger partial charge in [0.1, 0.15) is 0 Å². The number of benzene rings is 2. The molecule has 0 saturated heterocycles. The summed E-state index contributed by atoms with van der Waals surface area (Å²) in [4.78, 5) is 12.8. The number of nitrogens with one attached hydrogen (secondary N) is 1. The molecule has 0 fully saturated rings.